The summed E-state index contributed by atoms with van der Waals surface area (Å²) in [7, 11) is 3.19. The Morgan fingerprint density at radius 2 is 1.97 bits per heavy atom. The van der Waals surface area contributed by atoms with Gasteiger partial charge in [-0.15, -0.1) is 0 Å². The van der Waals surface area contributed by atoms with E-state index in [2.05, 4.69) is 15.4 Å². The van der Waals surface area contributed by atoms with Gasteiger partial charge in [0.15, 0.2) is 0 Å². The molecule has 0 bridgehead atoms. The summed E-state index contributed by atoms with van der Waals surface area (Å²) in [6.07, 6.45) is 4.10. The normalized spacial score (nSPS) is 14.9. The first-order valence-electron chi connectivity index (χ1n) is 9.29. The number of hydrogen-bond acceptors (Lipinski definition) is 6. The van der Waals surface area contributed by atoms with Crippen molar-refractivity contribution in [3.05, 3.63) is 65.7 Å². The maximum absolute atomic E-state index is 12.5. The highest BCUT2D eigenvalue weighted by atomic mass is 16.5. The van der Waals surface area contributed by atoms with Crippen LogP contribution in [0.15, 0.2) is 48.8 Å². The van der Waals surface area contributed by atoms with Crippen LogP contribution in [-0.2, 0) is 19.5 Å². The van der Waals surface area contributed by atoms with Crippen molar-refractivity contribution in [2.75, 3.05) is 14.2 Å². The van der Waals surface area contributed by atoms with Crippen molar-refractivity contribution >= 4 is 5.91 Å². The molecule has 0 aliphatic carbocycles. The molecule has 3 aromatic rings. The van der Waals surface area contributed by atoms with Gasteiger partial charge in [0.2, 0.25) is 0 Å². The van der Waals surface area contributed by atoms with Gasteiger partial charge in [-0.25, -0.2) is 0 Å². The fourth-order valence-electron chi connectivity index (χ4n) is 3.33. The Hall–Kier alpha value is -3.55. The number of hydrogen-bond donors (Lipinski definition) is 1. The van der Waals surface area contributed by atoms with Gasteiger partial charge in [-0.2, -0.15) is 5.10 Å². The van der Waals surface area contributed by atoms with Crippen LogP contribution in [0, 0.1) is 0 Å². The third-order valence-corrected chi connectivity index (χ3v) is 4.80. The molecule has 1 N–H and O–H groups in total. The number of benzene rings is 1. The lowest BCUT2D eigenvalue weighted by Gasteiger charge is -2.12. The van der Waals surface area contributed by atoms with Gasteiger partial charge in [0, 0.05) is 42.7 Å². The quantitative estimate of drug-likeness (QED) is 0.661. The zero-order valence-electron chi connectivity index (χ0n) is 16.3. The molecule has 3 heterocycles. The first-order chi connectivity index (χ1) is 14.2. The smallest absolute Gasteiger partial charge is 0.272 e. The number of methoxy groups -OCH3 is 2. The molecule has 0 fully saturated rings. The Bertz CT molecular complexity index is 980. The summed E-state index contributed by atoms with van der Waals surface area (Å²) in [5, 5.41) is 7.32. The number of rotatable bonds is 7. The fraction of sp³-hybridized carbons (Fsp3) is 0.286. The lowest BCUT2D eigenvalue weighted by molar-refractivity contribution is 0.0944. The van der Waals surface area contributed by atoms with Crippen LogP contribution in [-0.4, -0.2) is 41.0 Å². The van der Waals surface area contributed by atoms with Crippen LogP contribution in [0.25, 0.3) is 0 Å². The topological polar surface area (TPSA) is 87.5 Å². The molecule has 0 saturated heterocycles. The molecule has 0 unspecified atom stereocenters. The third kappa shape index (κ3) is 4.16. The van der Waals surface area contributed by atoms with Gasteiger partial charge >= 0.3 is 0 Å². The minimum absolute atomic E-state index is 0.000529. The molecular weight excluding hydrogens is 372 g/mol. The predicted octanol–water partition coefficient (Wildman–Crippen LogP) is 2.23. The number of nitrogens with one attached hydrogen (secondary N) is 1. The van der Waals surface area contributed by atoms with E-state index in [0.717, 1.165) is 17.0 Å². The van der Waals surface area contributed by atoms with Crippen LogP contribution < -0.4 is 19.5 Å². The molecule has 0 saturated carbocycles. The number of carbonyl (C=O) groups excluding carboxylic acids is 1. The van der Waals surface area contributed by atoms with Gasteiger partial charge in [0.1, 0.15) is 29.0 Å². The van der Waals surface area contributed by atoms with Gasteiger partial charge < -0.3 is 19.5 Å². The van der Waals surface area contributed by atoms with Gasteiger partial charge in [0.05, 0.1) is 20.8 Å². The molecule has 2 aromatic heterocycles. The van der Waals surface area contributed by atoms with E-state index >= 15 is 0 Å². The van der Waals surface area contributed by atoms with E-state index in [1.54, 1.807) is 32.7 Å². The van der Waals surface area contributed by atoms with Gasteiger partial charge in [-0.05, 0) is 30.3 Å². The molecule has 4 rings (SSSR count). The van der Waals surface area contributed by atoms with Crippen molar-refractivity contribution in [2.45, 2.75) is 25.6 Å². The minimum Gasteiger partial charge on any atom is -0.497 e. The molecule has 8 heteroatoms. The average molecular weight is 394 g/mol. The molecule has 0 radical (unpaired) electrons. The van der Waals surface area contributed by atoms with E-state index in [0.29, 0.717) is 36.7 Å². The molecule has 0 spiro atoms. The molecule has 1 atom stereocenters. The first-order valence-corrected chi connectivity index (χ1v) is 9.29. The number of fused-ring (bicyclic) bond motifs is 1. The standard InChI is InChI=1S/C21H22N4O4/c1-27-17-4-3-14(20(11-17)28-2)12-23-21(26)19-10-15-9-18(13-25(15)24-19)29-16-5-7-22-8-6-16/h3-8,10-11,18H,9,12-13H2,1-2H3,(H,23,26)/t18-/m0/s1. The van der Waals surface area contributed by atoms with Crippen LogP contribution in [0.3, 0.4) is 0 Å². The lowest BCUT2D eigenvalue weighted by atomic mass is 10.2. The van der Waals surface area contributed by atoms with Crippen LogP contribution >= 0.6 is 0 Å². The number of ether oxygens (including phenoxy) is 3. The number of pyridine rings is 1. The van der Waals surface area contributed by atoms with Crippen LogP contribution in [0.5, 0.6) is 17.2 Å². The highest BCUT2D eigenvalue weighted by Gasteiger charge is 2.26. The van der Waals surface area contributed by atoms with Crippen LogP contribution in [0.1, 0.15) is 21.7 Å². The molecule has 1 amide bonds. The molecule has 1 aliphatic rings. The fourth-order valence-corrected chi connectivity index (χ4v) is 3.33. The van der Waals surface area contributed by atoms with E-state index in [1.165, 1.54) is 0 Å². The van der Waals surface area contributed by atoms with Crippen molar-refractivity contribution in [3.63, 3.8) is 0 Å². The molecule has 1 aliphatic heterocycles. The summed E-state index contributed by atoms with van der Waals surface area (Å²) >= 11 is 0. The molecule has 8 nitrogen and oxygen atoms in total. The second-order valence-corrected chi connectivity index (χ2v) is 6.69. The van der Waals surface area contributed by atoms with E-state index in [9.17, 15) is 4.79 Å². The Morgan fingerprint density at radius 3 is 2.69 bits per heavy atom. The zero-order chi connectivity index (χ0) is 20.2. The Morgan fingerprint density at radius 1 is 1.14 bits per heavy atom. The number of nitrogens with zero attached hydrogens (tertiary/aromatic N) is 3. The zero-order valence-corrected chi connectivity index (χ0v) is 16.3. The summed E-state index contributed by atoms with van der Waals surface area (Å²) in [5.74, 6) is 1.91. The SMILES string of the molecule is COc1ccc(CNC(=O)c2cc3n(n2)C[C@@H](Oc2ccncc2)C3)c(OC)c1. The van der Waals surface area contributed by atoms with Crippen molar-refractivity contribution in [1.29, 1.82) is 0 Å². The summed E-state index contributed by atoms with van der Waals surface area (Å²) in [5.41, 5.74) is 2.24. The van der Waals surface area contributed by atoms with Gasteiger partial charge in [-0.3, -0.25) is 14.5 Å². The van der Waals surface area contributed by atoms with Crippen molar-refractivity contribution in [3.8, 4) is 17.2 Å². The molecule has 29 heavy (non-hydrogen) atoms. The predicted molar refractivity (Wildman–Crippen MR) is 105 cm³/mol. The Kier molecular flexibility index (Phi) is 5.33. The second-order valence-electron chi connectivity index (χ2n) is 6.69. The van der Waals surface area contributed by atoms with E-state index < -0.39 is 0 Å². The first kappa shape index (κ1) is 18.8. The van der Waals surface area contributed by atoms with Crippen LogP contribution in [0.4, 0.5) is 0 Å². The molecular formula is C21H22N4O4. The summed E-state index contributed by atoms with van der Waals surface area (Å²) in [4.78, 5) is 16.5. The molecule has 150 valence electrons. The third-order valence-electron chi connectivity index (χ3n) is 4.80. The van der Waals surface area contributed by atoms with E-state index in [1.807, 2.05) is 35.0 Å². The summed E-state index contributed by atoms with van der Waals surface area (Å²) in [6, 6.07) is 11.0. The summed E-state index contributed by atoms with van der Waals surface area (Å²) < 4.78 is 18.3. The lowest BCUT2D eigenvalue weighted by Crippen LogP contribution is -2.24. The Balaban J connectivity index is 1.36. The number of aromatic nitrogens is 3. The van der Waals surface area contributed by atoms with Gasteiger partial charge in [-0.1, -0.05) is 0 Å². The van der Waals surface area contributed by atoms with Crippen molar-refractivity contribution in [1.82, 2.24) is 20.1 Å². The second kappa shape index (κ2) is 8.22. The van der Waals surface area contributed by atoms with E-state index in [4.69, 9.17) is 14.2 Å². The van der Waals surface area contributed by atoms with Crippen molar-refractivity contribution in [2.24, 2.45) is 0 Å². The van der Waals surface area contributed by atoms with Crippen LogP contribution in [0.2, 0.25) is 0 Å². The van der Waals surface area contributed by atoms with Crippen molar-refractivity contribution < 1.29 is 19.0 Å². The number of carbonyl (C=O) groups is 1. The largest absolute Gasteiger partial charge is 0.497 e. The van der Waals surface area contributed by atoms with Gasteiger partial charge in [0.25, 0.3) is 5.91 Å². The minimum atomic E-state index is -0.226. The maximum Gasteiger partial charge on any atom is 0.272 e. The maximum atomic E-state index is 12.5. The summed E-state index contributed by atoms with van der Waals surface area (Å²) in [6.45, 7) is 0.944. The van der Waals surface area contributed by atoms with E-state index in [-0.39, 0.29) is 12.0 Å². The Labute approximate surface area is 168 Å². The highest BCUT2D eigenvalue weighted by Crippen LogP contribution is 2.25. The monoisotopic (exact) mass is 394 g/mol. The molecule has 1 aromatic carbocycles. The average Bonchev–Trinajstić information content (AvgIpc) is 3.31. The number of amides is 1. The highest BCUT2D eigenvalue weighted by molar-refractivity contribution is 5.92.